The molecule has 4 rings (SSSR count). The molecule has 0 spiro atoms. The fourth-order valence-corrected chi connectivity index (χ4v) is 4.60. The van der Waals surface area contributed by atoms with E-state index in [0.29, 0.717) is 21.9 Å². The quantitative estimate of drug-likeness (QED) is 0.342. The Morgan fingerprint density at radius 2 is 1.83 bits per heavy atom. The second kappa shape index (κ2) is 10.3. The molecule has 0 saturated carbocycles. The highest BCUT2D eigenvalue weighted by atomic mass is 35.5. The van der Waals surface area contributed by atoms with Crippen LogP contribution in [0.4, 0.5) is 16.5 Å². The topological polar surface area (TPSA) is 118 Å². The molecular formula is C25H21ClN4O5S. The van der Waals surface area contributed by atoms with Crippen LogP contribution in [0.5, 0.6) is 0 Å². The van der Waals surface area contributed by atoms with Gasteiger partial charge < -0.3 is 10.1 Å². The van der Waals surface area contributed by atoms with Crippen LogP contribution < -0.4 is 15.5 Å². The Bertz CT molecular complexity index is 1430. The predicted molar refractivity (Wildman–Crippen MR) is 137 cm³/mol. The molecule has 1 aliphatic rings. The number of ether oxygens (including phenoxy) is 1. The van der Waals surface area contributed by atoms with Crippen molar-refractivity contribution < 1.29 is 23.9 Å². The van der Waals surface area contributed by atoms with Gasteiger partial charge in [-0.15, -0.1) is 0 Å². The molecule has 0 atom stereocenters. The summed E-state index contributed by atoms with van der Waals surface area (Å²) in [6, 6.07) is 13.3. The van der Waals surface area contributed by atoms with Crippen molar-refractivity contribution >= 4 is 63.1 Å². The van der Waals surface area contributed by atoms with Crippen molar-refractivity contribution in [2.75, 3.05) is 22.1 Å². The number of imide groups is 1. The number of esters is 1. The Morgan fingerprint density at radius 3 is 2.56 bits per heavy atom. The number of nitrogens with zero attached hydrogens (tertiary/aromatic N) is 2. The lowest BCUT2D eigenvalue weighted by atomic mass is 10.2. The lowest BCUT2D eigenvalue weighted by Gasteiger charge is -2.17. The first kappa shape index (κ1) is 25.1. The van der Waals surface area contributed by atoms with E-state index in [4.69, 9.17) is 16.3 Å². The number of hydrogen-bond donors (Lipinski definition) is 2. The van der Waals surface area contributed by atoms with Gasteiger partial charge in [-0.1, -0.05) is 47.2 Å². The molecular weight excluding hydrogens is 504 g/mol. The molecule has 184 valence electrons. The summed E-state index contributed by atoms with van der Waals surface area (Å²) in [6.45, 7) is 5.38. The molecule has 1 aromatic heterocycles. The molecule has 2 N–H and O–H groups in total. The van der Waals surface area contributed by atoms with Gasteiger partial charge in [-0.05, 0) is 50.6 Å². The zero-order valence-corrected chi connectivity index (χ0v) is 21.1. The third-order valence-corrected chi connectivity index (χ3v) is 6.66. The van der Waals surface area contributed by atoms with Gasteiger partial charge in [-0.25, -0.2) is 14.7 Å². The van der Waals surface area contributed by atoms with Crippen molar-refractivity contribution in [1.82, 2.24) is 4.98 Å². The van der Waals surface area contributed by atoms with Crippen molar-refractivity contribution in [1.29, 1.82) is 0 Å². The summed E-state index contributed by atoms with van der Waals surface area (Å²) in [4.78, 5) is 56.2. The van der Waals surface area contributed by atoms with Crippen LogP contribution in [0.3, 0.4) is 0 Å². The Morgan fingerprint density at radius 1 is 1.08 bits per heavy atom. The van der Waals surface area contributed by atoms with E-state index in [2.05, 4.69) is 15.6 Å². The van der Waals surface area contributed by atoms with E-state index >= 15 is 0 Å². The first-order valence-corrected chi connectivity index (χ1v) is 12.1. The van der Waals surface area contributed by atoms with Gasteiger partial charge >= 0.3 is 5.97 Å². The van der Waals surface area contributed by atoms with Crippen LogP contribution in [0.25, 0.3) is 0 Å². The van der Waals surface area contributed by atoms with Crippen molar-refractivity contribution in [2.24, 2.45) is 0 Å². The maximum absolute atomic E-state index is 13.1. The number of aryl methyl sites for hydroxylation is 2. The maximum Gasteiger partial charge on any atom is 0.350 e. The lowest BCUT2D eigenvalue weighted by Crippen LogP contribution is -2.32. The number of para-hydroxylation sites is 1. The molecule has 3 aromatic rings. The minimum absolute atomic E-state index is 0.0860. The van der Waals surface area contributed by atoms with E-state index in [-0.39, 0.29) is 28.0 Å². The molecule has 9 nitrogen and oxygen atoms in total. The standard InChI is InChI=1S/C25H21ClN4O5S/c1-4-35-24(34)20-14(3)27-25(36-20)29-21(31)15-9-7-10-16(12-15)28-19-18(26)22(32)30(23(19)33)17-11-6-5-8-13(17)2/h5-12,28H,4H2,1-3H3,(H,27,29,31). The number of rotatable bonds is 7. The van der Waals surface area contributed by atoms with E-state index in [1.165, 1.54) is 6.07 Å². The number of halogens is 1. The highest BCUT2D eigenvalue weighted by Gasteiger charge is 2.39. The molecule has 0 radical (unpaired) electrons. The minimum atomic E-state index is -0.635. The normalized spacial score (nSPS) is 13.3. The molecule has 3 amide bonds. The zero-order valence-electron chi connectivity index (χ0n) is 19.5. The van der Waals surface area contributed by atoms with E-state index < -0.39 is 23.7 Å². The molecule has 2 heterocycles. The van der Waals surface area contributed by atoms with Crippen LogP contribution in [0, 0.1) is 13.8 Å². The Kier molecular flexibility index (Phi) is 7.18. The van der Waals surface area contributed by atoms with E-state index in [1.54, 1.807) is 63.2 Å². The SMILES string of the molecule is CCOC(=O)c1sc(NC(=O)c2cccc(NC3=C(Cl)C(=O)N(c4ccccc4C)C3=O)c2)nc1C. The third-order valence-electron chi connectivity index (χ3n) is 5.26. The average Bonchev–Trinajstić information content (AvgIpc) is 3.32. The highest BCUT2D eigenvalue weighted by Crippen LogP contribution is 2.32. The minimum Gasteiger partial charge on any atom is -0.462 e. The van der Waals surface area contributed by atoms with E-state index in [9.17, 15) is 19.2 Å². The second-order valence-corrected chi connectivity index (χ2v) is 9.11. The average molecular weight is 525 g/mol. The van der Waals surface area contributed by atoms with Gasteiger partial charge in [0.15, 0.2) is 5.13 Å². The fourth-order valence-electron chi connectivity index (χ4n) is 3.53. The molecule has 0 bridgehead atoms. The Balaban J connectivity index is 1.51. The highest BCUT2D eigenvalue weighted by molar-refractivity contribution is 7.17. The molecule has 1 aliphatic heterocycles. The number of carbonyl (C=O) groups is 4. The third kappa shape index (κ3) is 4.86. The molecule has 11 heteroatoms. The lowest BCUT2D eigenvalue weighted by molar-refractivity contribution is -0.120. The predicted octanol–water partition coefficient (Wildman–Crippen LogP) is 4.62. The van der Waals surface area contributed by atoms with Crippen LogP contribution in [0.2, 0.25) is 0 Å². The number of hydrogen-bond acceptors (Lipinski definition) is 8. The first-order chi connectivity index (χ1) is 17.2. The molecule has 0 unspecified atom stereocenters. The van der Waals surface area contributed by atoms with Crippen molar-refractivity contribution in [2.45, 2.75) is 20.8 Å². The van der Waals surface area contributed by atoms with Crippen LogP contribution in [-0.4, -0.2) is 35.3 Å². The van der Waals surface area contributed by atoms with Crippen LogP contribution in [0.15, 0.2) is 59.3 Å². The van der Waals surface area contributed by atoms with Gasteiger partial charge in [0.1, 0.15) is 15.6 Å². The monoisotopic (exact) mass is 524 g/mol. The number of carbonyl (C=O) groups excluding carboxylic acids is 4. The summed E-state index contributed by atoms with van der Waals surface area (Å²) in [5.41, 5.74) is 2.19. The Hall–Kier alpha value is -4.02. The molecule has 0 saturated heterocycles. The number of anilines is 3. The summed E-state index contributed by atoms with van der Waals surface area (Å²) in [5.74, 6) is -2.21. The van der Waals surface area contributed by atoms with E-state index in [1.807, 2.05) is 0 Å². The number of amides is 3. The second-order valence-electron chi connectivity index (χ2n) is 7.74. The van der Waals surface area contributed by atoms with Crippen molar-refractivity contribution in [3.63, 3.8) is 0 Å². The van der Waals surface area contributed by atoms with Crippen LogP contribution in [0.1, 0.15) is 38.2 Å². The van der Waals surface area contributed by atoms with Crippen molar-refractivity contribution in [3.05, 3.63) is 81.0 Å². The van der Waals surface area contributed by atoms with Crippen molar-refractivity contribution in [3.8, 4) is 0 Å². The molecule has 2 aromatic carbocycles. The molecule has 0 aliphatic carbocycles. The zero-order chi connectivity index (χ0) is 26.0. The number of thiazole rings is 1. The Labute approximate surface area is 215 Å². The summed E-state index contributed by atoms with van der Waals surface area (Å²) in [5, 5.41) is 5.53. The van der Waals surface area contributed by atoms with Gasteiger partial charge in [-0.2, -0.15) is 0 Å². The van der Waals surface area contributed by atoms with Gasteiger partial charge in [-0.3, -0.25) is 19.7 Å². The first-order valence-electron chi connectivity index (χ1n) is 10.9. The smallest absolute Gasteiger partial charge is 0.350 e. The number of benzene rings is 2. The number of nitrogens with one attached hydrogen (secondary N) is 2. The maximum atomic E-state index is 13.1. The largest absolute Gasteiger partial charge is 0.462 e. The van der Waals surface area contributed by atoms with Gasteiger partial charge in [0.05, 0.1) is 18.0 Å². The fraction of sp³-hybridized carbons (Fsp3) is 0.160. The van der Waals surface area contributed by atoms with Crippen LogP contribution >= 0.6 is 22.9 Å². The van der Waals surface area contributed by atoms with E-state index in [0.717, 1.165) is 21.8 Å². The van der Waals surface area contributed by atoms with Gasteiger partial charge in [0, 0.05) is 11.3 Å². The summed E-state index contributed by atoms with van der Waals surface area (Å²) in [7, 11) is 0. The summed E-state index contributed by atoms with van der Waals surface area (Å²) >= 11 is 7.24. The van der Waals surface area contributed by atoms with Crippen LogP contribution in [-0.2, 0) is 14.3 Å². The summed E-state index contributed by atoms with van der Waals surface area (Å²) < 4.78 is 5.00. The number of aromatic nitrogens is 1. The van der Waals surface area contributed by atoms with Gasteiger partial charge in [0.2, 0.25) is 0 Å². The molecule has 0 fully saturated rings. The summed E-state index contributed by atoms with van der Waals surface area (Å²) in [6.07, 6.45) is 0. The van der Waals surface area contributed by atoms with Gasteiger partial charge in [0.25, 0.3) is 17.7 Å². The molecule has 36 heavy (non-hydrogen) atoms.